The van der Waals surface area contributed by atoms with Gasteiger partial charge in [-0.05, 0) is 10.9 Å². The van der Waals surface area contributed by atoms with Gasteiger partial charge in [0.05, 0.1) is 18.8 Å². The van der Waals surface area contributed by atoms with Crippen molar-refractivity contribution in [2.75, 3.05) is 18.8 Å². The van der Waals surface area contributed by atoms with Crippen LogP contribution in [0, 0.1) is 0 Å². The summed E-state index contributed by atoms with van der Waals surface area (Å²) in [5.41, 5.74) is 0. The van der Waals surface area contributed by atoms with E-state index in [4.69, 9.17) is 0 Å². The molecule has 0 saturated heterocycles. The molecular formula is C3H10KOS. The first kappa shape index (κ1) is 15.7. The Morgan fingerprint density at radius 3 is 1.00 bits per heavy atom. The molecule has 0 aromatic carbocycles. The molecule has 0 atom stereocenters. The van der Waals surface area contributed by atoms with Gasteiger partial charge in [-0.3, -0.25) is 0 Å². The Bertz CT molecular complexity index is 15.5. The van der Waals surface area contributed by atoms with Crippen molar-refractivity contribution >= 4 is 62.3 Å². The Labute approximate surface area is 85.0 Å². The molecule has 1 nitrogen and oxygen atoms in total. The smallest absolute Gasteiger partial charge is 0.0969 e. The molecule has 0 unspecified atom stereocenters. The van der Waals surface area contributed by atoms with Gasteiger partial charge in [0.2, 0.25) is 0 Å². The summed E-state index contributed by atoms with van der Waals surface area (Å²) in [7, 11) is 0.639. The molecular weight excluding hydrogens is 123 g/mol. The van der Waals surface area contributed by atoms with E-state index < -0.39 is 0 Å². The Morgan fingerprint density at radius 1 is 1.00 bits per heavy atom. The van der Waals surface area contributed by atoms with E-state index in [0.717, 1.165) is 0 Å². The van der Waals surface area contributed by atoms with Gasteiger partial charge in [-0.2, -0.15) is 0 Å². The molecule has 0 rings (SSSR count). The largest absolute Gasteiger partial charge is 0.870 e. The van der Waals surface area contributed by atoms with Gasteiger partial charge in [0, 0.05) is 51.4 Å². The molecule has 0 aliphatic rings. The van der Waals surface area contributed by atoms with E-state index in [1.165, 1.54) is 0 Å². The molecule has 0 aromatic rings. The van der Waals surface area contributed by atoms with E-state index in [1.54, 1.807) is 0 Å². The average Bonchev–Trinajstić information content (AvgIpc) is 0.811. The van der Waals surface area contributed by atoms with Crippen molar-refractivity contribution in [1.82, 2.24) is 0 Å². The Hall–Kier alpha value is 1.95. The maximum absolute atomic E-state index is 2.19. The molecule has 0 spiro atoms. The van der Waals surface area contributed by atoms with Gasteiger partial charge in [-0.25, -0.2) is 0 Å². The number of hydrogen-bond donors (Lipinski definition) is 0. The predicted octanol–water partition coefficient (Wildman–Crippen LogP) is -0.0635. The summed E-state index contributed by atoms with van der Waals surface area (Å²) in [6, 6.07) is 0. The summed E-state index contributed by atoms with van der Waals surface area (Å²) in [6.07, 6.45) is 6.58. The second kappa shape index (κ2) is 10.0. The molecule has 0 aliphatic carbocycles. The van der Waals surface area contributed by atoms with Crippen LogP contribution in [-0.4, -0.2) is 75.6 Å². The molecule has 0 heterocycles. The zero-order valence-electron chi connectivity index (χ0n) is 4.86. The Balaban J connectivity index is -0.0000000450. The maximum Gasteiger partial charge on any atom is 0.0969 e. The molecule has 3 heteroatoms. The quantitative estimate of drug-likeness (QED) is 0.336. The van der Waals surface area contributed by atoms with E-state index in [2.05, 4.69) is 18.8 Å². The molecule has 0 aromatic heterocycles. The van der Waals surface area contributed by atoms with Gasteiger partial charge < -0.3 is 5.48 Å². The van der Waals surface area contributed by atoms with Crippen LogP contribution >= 0.6 is 0 Å². The van der Waals surface area contributed by atoms with Crippen LogP contribution in [0.3, 0.4) is 0 Å². The topological polar surface area (TPSA) is 30.0 Å². The van der Waals surface area contributed by atoms with Gasteiger partial charge in [0.1, 0.15) is 0 Å². The first-order chi connectivity index (χ1) is 1.73. The summed E-state index contributed by atoms with van der Waals surface area (Å²) < 4.78 is 0. The van der Waals surface area contributed by atoms with Gasteiger partial charge >= 0.3 is 0 Å². The summed E-state index contributed by atoms with van der Waals surface area (Å²) in [4.78, 5) is 0. The standard InChI is InChI=1S/C3H9S.K.H2O/c1-4(2)3;;/h1-3H3;;1H2/q+1;;/p-1. The summed E-state index contributed by atoms with van der Waals surface area (Å²) in [5, 5.41) is 0. The van der Waals surface area contributed by atoms with Crippen LogP contribution in [0.2, 0.25) is 0 Å². The first-order valence-electron chi connectivity index (χ1n) is 1.22. The Morgan fingerprint density at radius 2 is 1.00 bits per heavy atom. The molecule has 0 amide bonds. The fraction of sp³-hybridized carbons (Fsp3) is 1.00. The molecule has 6 heavy (non-hydrogen) atoms. The minimum atomic E-state index is 0. The van der Waals surface area contributed by atoms with Crippen LogP contribution in [0.4, 0.5) is 0 Å². The third-order valence-corrected chi connectivity index (χ3v) is 0. The predicted molar refractivity (Wildman–Crippen MR) is 32.8 cm³/mol. The van der Waals surface area contributed by atoms with E-state index in [1.807, 2.05) is 0 Å². The van der Waals surface area contributed by atoms with Gasteiger partial charge in [0.15, 0.2) is 0 Å². The minimum Gasteiger partial charge on any atom is -0.870 e. The van der Waals surface area contributed by atoms with Crippen molar-refractivity contribution in [2.24, 2.45) is 0 Å². The van der Waals surface area contributed by atoms with E-state index >= 15 is 0 Å². The molecule has 1 radical (unpaired) electrons. The van der Waals surface area contributed by atoms with Crippen molar-refractivity contribution < 1.29 is 5.48 Å². The number of rotatable bonds is 0. The molecule has 0 bridgehead atoms. The third-order valence-electron chi connectivity index (χ3n) is 0. The molecule has 1 N–H and O–H groups in total. The van der Waals surface area contributed by atoms with Crippen LogP contribution in [-0.2, 0) is 10.9 Å². The maximum atomic E-state index is 2.19. The van der Waals surface area contributed by atoms with Crippen molar-refractivity contribution in [1.29, 1.82) is 0 Å². The van der Waals surface area contributed by atoms with Crippen molar-refractivity contribution in [3.8, 4) is 0 Å². The number of hydrogen-bond acceptors (Lipinski definition) is 1. The summed E-state index contributed by atoms with van der Waals surface area (Å²) in [6.45, 7) is 0. The Kier molecular flexibility index (Phi) is 26.2. The molecule has 0 saturated carbocycles. The second-order valence-electron chi connectivity index (χ2n) is 1.22. The monoisotopic (exact) mass is 133 g/mol. The zero-order valence-corrected chi connectivity index (χ0v) is 8.80. The van der Waals surface area contributed by atoms with Gasteiger partial charge in [-0.1, -0.05) is 0 Å². The van der Waals surface area contributed by atoms with Gasteiger partial charge in [0.25, 0.3) is 0 Å². The van der Waals surface area contributed by atoms with E-state index in [-0.39, 0.29) is 56.9 Å². The SMILES string of the molecule is C[S+](C)C.[K].[OH-]. The van der Waals surface area contributed by atoms with Crippen LogP contribution in [0.15, 0.2) is 0 Å². The molecule has 0 aliphatic heterocycles. The summed E-state index contributed by atoms with van der Waals surface area (Å²) in [5.74, 6) is 0. The minimum absolute atomic E-state index is 0. The van der Waals surface area contributed by atoms with Crippen molar-refractivity contribution in [3.63, 3.8) is 0 Å². The van der Waals surface area contributed by atoms with Crippen LogP contribution < -0.4 is 0 Å². The fourth-order valence-corrected chi connectivity index (χ4v) is 0. The van der Waals surface area contributed by atoms with E-state index in [0.29, 0.717) is 10.9 Å². The van der Waals surface area contributed by atoms with Crippen LogP contribution in [0.1, 0.15) is 0 Å². The van der Waals surface area contributed by atoms with E-state index in [9.17, 15) is 0 Å². The second-order valence-corrected chi connectivity index (χ2v) is 3.67. The zero-order chi connectivity index (χ0) is 3.58. The van der Waals surface area contributed by atoms with Gasteiger partial charge in [-0.15, -0.1) is 0 Å². The third kappa shape index (κ3) is 38.4. The van der Waals surface area contributed by atoms with Crippen molar-refractivity contribution in [2.45, 2.75) is 0 Å². The fourth-order valence-electron chi connectivity index (χ4n) is 0. The van der Waals surface area contributed by atoms with Crippen molar-refractivity contribution in [3.05, 3.63) is 0 Å². The molecule has 35 valence electrons. The summed E-state index contributed by atoms with van der Waals surface area (Å²) >= 11 is 0. The average molecular weight is 133 g/mol. The normalized spacial score (nSPS) is 6.00. The van der Waals surface area contributed by atoms with Crippen LogP contribution in [0.5, 0.6) is 0 Å². The molecule has 0 fully saturated rings. The first-order valence-corrected chi connectivity index (χ1v) is 3.67. The van der Waals surface area contributed by atoms with Crippen LogP contribution in [0.25, 0.3) is 0 Å².